The van der Waals surface area contributed by atoms with E-state index in [1.807, 2.05) is 0 Å². The minimum absolute atomic E-state index is 0.181. The molecule has 1 aromatic rings. The summed E-state index contributed by atoms with van der Waals surface area (Å²) in [6.07, 6.45) is 5.01. The van der Waals surface area contributed by atoms with E-state index in [1.54, 1.807) is 0 Å². The average molecular weight is 331 g/mol. The summed E-state index contributed by atoms with van der Waals surface area (Å²) in [5.41, 5.74) is 1.87. The molecule has 2 heteroatoms. The average Bonchev–Trinajstić information content (AvgIpc) is 2.46. The van der Waals surface area contributed by atoms with E-state index in [-0.39, 0.29) is 11.1 Å². The third-order valence-corrected chi connectivity index (χ3v) is 5.45. The summed E-state index contributed by atoms with van der Waals surface area (Å²) in [6, 6.07) is 11.5. The van der Waals surface area contributed by atoms with Crippen molar-refractivity contribution in [2.45, 2.75) is 84.3 Å². The smallest absolute Gasteiger partial charge is 0.0140 e. The van der Waals surface area contributed by atoms with E-state index in [0.29, 0.717) is 6.04 Å². The van der Waals surface area contributed by atoms with Crippen LogP contribution in [0.3, 0.4) is 0 Å². The molecule has 0 spiro atoms. The first-order valence-corrected chi connectivity index (χ1v) is 9.73. The highest BCUT2D eigenvalue weighted by Gasteiger charge is 2.36. The van der Waals surface area contributed by atoms with Crippen LogP contribution in [0.4, 0.5) is 0 Å². The van der Waals surface area contributed by atoms with Crippen molar-refractivity contribution < 1.29 is 0 Å². The largest absolute Gasteiger partial charge is 0.311 e. The SMILES string of the molecule is CC1CCN(C(C)(C)C)C(CC(C)(C)NCCc2ccccc2)C1. The van der Waals surface area contributed by atoms with Gasteiger partial charge in [0.25, 0.3) is 0 Å². The van der Waals surface area contributed by atoms with Crippen molar-refractivity contribution in [2.75, 3.05) is 13.1 Å². The van der Waals surface area contributed by atoms with E-state index in [2.05, 4.69) is 82.1 Å². The molecule has 2 atom stereocenters. The quantitative estimate of drug-likeness (QED) is 0.799. The maximum absolute atomic E-state index is 3.81. The van der Waals surface area contributed by atoms with E-state index < -0.39 is 0 Å². The Labute approximate surface area is 150 Å². The molecule has 0 bridgehead atoms. The van der Waals surface area contributed by atoms with E-state index in [9.17, 15) is 0 Å². The number of piperidine rings is 1. The molecule has 1 aromatic carbocycles. The maximum atomic E-state index is 3.81. The van der Waals surface area contributed by atoms with Crippen molar-refractivity contribution in [2.24, 2.45) is 5.92 Å². The van der Waals surface area contributed by atoms with Crippen LogP contribution in [-0.2, 0) is 6.42 Å². The lowest BCUT2D eigenvalue weighted by atomic mass is 9.82. The normalized spacial score (nSPS) is 23.4. The number of benzene rings is 1. The van der Waals surface area contributed by atoms with Gasteiger partial charge < -0.3 is 5.32 Å². The zero-order valence-electron chi connectivity index (χ0n) is 16.7. The Morgan fingerprint density at radius 3 is 2.38 bits per heavy atom. The molecule has 1 aliphatic rings. The van der Waals surface area contributed by atoms with Gasteiger partial charge in [0.2, 0.25) is 0 Å². The topological polar surface area (TPSA) is 15.3 Å². The molecule has 24 heavy (non-hydrogen) atoms. The predicted molar refractivity (Wildman–Crippen MR) is 105 cm³/mol. The van der Waals surface area contributed by atoms with Crippen molar-refractivity contribution in [3.8, 4) is 0 Å². The van der Waals surface area contributed by atoms with Crippen molar-refractivity contribution in [3.05, 3.63) is 35.9 Å². The van der Waals surface area contributed by atoms with Gasteiger partial charge in [-0.05, 0) is 84.9 Å². The van der Waals surface area contributed by atoms with Crippen LogP contribution in [0.5, 0.6) is 0 Å². The molecular formula is C22H38N2. The summed E-state index contributed by atoms with van der Waals surface area (Å²) < 4.78 is 0. The van der Waals surface area contributed by atoms with Crippen LogP contribution >= 0.6 is 0 Å². The number of nitrogens with zero attached hydrogens (tertiary/aromatic N) is 1. The fourth-order valence-electron chi connectivity index (χ4n) is 4.18. The van der Waals surface area contributed by atoms with Crippen molar-refractivity contribution in [1.29, 1.82) is 0 Å². The van der Waals surface area contributed by atoms with E-state index in [4.69, 9.17) is 0 Å². The first-order chi connectivity index (χ1) is 11.2. The first-order valence-electron chi connectivity index (χ1n) is 9.73. The van der Waals surface area contributed by atoms with E-state index in [0.717, 1.165) is 18.9 Å². The van der Waals surface area contributed by atoms with Gasteiger partial charge in [0, 0.05) is 17.1 Å². The third-order valence-electron chi connectivity index (χ3n) is 5.45. The molecular weight excluding hydrogens is 292 g/mol. The maximum Gasteiger partial charge on any atom is 0.0140 e. The molecule has 1 N–H and O–H groups in total. The zero-order chi connectivity index (χ0) is 17.8. The number of hydrogen-bond acceptors (Lipinski definition) is 2. The van der Waals surface area contributed by atoms with Crippen molar-refractivity contribution >= 4 is 0 Å². The molecule has 136 valence electrons. The first kappa shape index (κ1) is 19.5. The number of rotatable bonds is 6. The highest BCUT2D eigenvalue weighted by molar-refractivity contribution is 5.14. The van der Waals surface area contributed by atoms with Crippen molar-refractivity contribution in [1.82, 2.24) is 10.2 Å². The lowest BCUT2D eigenvalue weighted by Gasteiger charge is -2.48. The second kappa shape index (κ2) is 8.01. The lowest BCUT2D eigenvalue weighted by molar-refractivity contribution is 0.0178. The summed E-state index contributed by atoms with van der Waals surface area (Å²) in [6.45, 7) is 16.6. The van der Waals surface area contributed by atoms with Gasteiger partial charge in [-0.3, -0.25) is 4.90 Å². The summed E-state index contributed by atoms with van der Waals surface area (Å²) in [5.74, 6) is 0.855. The lowest BCUT2D eigenvalue weighted by Crippen LogP contribution is -2.55. The van der Waals surface area contributed by atoms with Gasteiger partial charge in [0.05, 0.1) is 0 Å². The molecule has 1 heterocycles. The highest BCUT2D eigenvalue weighted by Crippen LogP contribution is 2.32. The van der Waals surface area contributed by atoms with Crippen LogP contribution in [0, 0.1) is 5.92 Å². The van der Waals surface area contributed by atoms with Gasteiger partial charge in [-0.1, -0.05) is 37.3 Å². The Bertz CT molecular complexity index is 486. The van der Waals surface area contributed by atoms with Gasteiger partial charge in [0.15, 0.2) is 0 Å². The predicted octanol–water partition coefficient (Wildman–Crippen LogP) is 4.89. The van der Waals surface area contributed by atoms with Crippen molar-refractivity contribution in [3.63, 3.8) is 0 Å². The molecule has 1 saturated heterocycles. The molecule has 2 rings (SSSR count). The minimum atomic E-state index is 0.181. The number of likely N-dealkylation sites (tertiary alicyclic amines) is 1. The molecule has 0 saturated carbocycles. The molecule has 0 amide bonds. The summed E-state index contributed by atoms with van der Waals surface area (Å²) >= 11 is 0. The molecule has 1 aliphatic heterocycles. The van der Waals surface area contributed by atoms with Crippen LogP contribution in [0.25, 0.3) is 0 Å². The van der Waals surface area contributed by atoms with E-state index >= 15 is 0 Å². The highest BCUT2D eigenvalue weighted by atomic mass is 15.2. The van der Waals surface area contributed by atoms with E-state index in [1.165, 1.54) is 31.4 Å². The van der Waals surface area contributed by atoms with Crippen LogP contribution in [0.1, 0.15) is 66.4 Å². The molecule has 2 nitrogen and oxygen atoms in total. The van der Waals surface area contributed by atoms with Crippen LogP contribution in [0.15, 0.2) is 30.3 Å². The summed E-state index contributed by atoms with van der Waals surface area (Å²) in [7, 11) is 0. The second-order valence-corrected chi connectivity index (χ2v) is 9.40. The number of hydrogen-bond donors (Lipinski definition) is 1. The Kier molecular flexibility index (Phi) is 6.50. The van der Waals surface area contributed by atoms with Gasteiger partial charge in [0.1, 0.15) is 0 Å². The molecule has 0 aromatic heterocycles. The monoisotopic (exact) mass is 330 g/mol. The fraction of sp³-hybridized carbons (Fsp3) is 0.727. The Balaban J connectivity index is 1.90. The molecule has 0 aliphatic carbocycles. The summed E-state index contributed by atoms with van der Waals surface area (Å²) in [5, 5.41) is 3.81. The zero-order valence-corrected chi connectivity index (χ0v) is 16.7. The van der Waals surface area contributed by atoms with Crippen LogP contribution < -0.4 is 5.32 Å². The van der Waals surface area contributed by atoms with Gasteiger partial charge >= 0.3 is 0 Å². The van der Waals surface area contributed by atoms with Gasteiger partial charge in [-0.25, -0.2) is 0 Å². The molecule has 1 fully saturated rings. The Hall–Kier alpha value is -0.860. The van der Waals surface area contributed by atoms with Crippen LogP contribution in [0.2, 0.25) is 0 Å². The number of nitrogens with one attached hydrogen (secondary N) is 1. The third kappa shape index (κ3) is 5.89. The van der Waals surface area contributed by atoms with Gasteiger partial charge in [-0.2, -0.15) is 0 Å². The van der Waals surface area contributed by atoms with Gasteiger partial charge in [-0.15, -0.1) is 0 Å². The standard InChI is InChI=1S/C22H38N2/c1-18-13-15-24(21(2,3)4)20(16-18)17-22(5,6)23-14-12-19-10-8-7-9-11-19/h7-11,18,20,23H,12-17H2,1-6H3. The summed E-state index contributed by atoms with van der Waals surface area (Å²) in [4.78, 5) is 2.74. The second-order valence-electron chi connectivity index (χ2n) is 9.40. The Morgan fingerprint density at radius 2 is 1.75 bits per heavy atom. The van der Waals surface area contributed by atoms with Crippen LogP contribution in [-0.4, -0.2) is 35.1 Å². The minimum Gasteiger partial charge on any atom is -0.311 e. The fourth-order valence-corrected chi connectivity index (χ4v) is 4.18. The molecule has 0 radical (unpaired) electrons. The Morgan fingerprint density at radius 1 is 1.08 bits per heavy atom. The molecule has 2 unspecified atom stereocenters.